The van der Waals surface area contributed by atoms with E-state index >= 15 is 0 Å². The first kappa shape index (κ1) is 16.3. The van der Waals surface area contributed by atoms with Crippen LogP contribution in [0.3, 0.4) is 0 Å². The summed E-state index contributed by atoms with van der Waals surface area (Å²) in [4.78, 5) is 38.1. The molecule has 0 N–H and O–H groups in total. The minimum atomic E-state index is -4.79. The van der Waals surface area contributed by atoms with Gasteiger partial charge >= 0.3 is 6.36 Å². The predicted molar refractivity (Wildman–Crippen MR) is 73.9 cm³/mol. The van der Waals surface area contributed by atoms with E-state index in [0.717, 1.165) is 12.1 Å². The lowest BCUT2D eigenvalue weighted by Gasteiger charge is -2.43. The molecule has 6 nitrogen and oxygen atoms in total. The van der Waals surface area contributed by atoms with E-state index in [9.17, 15) is 27.6 Å². The maximum atomic E-state index is 12.2. The molecule has 1 aromatic rings. The summed E-state index contributed by atoms with van der Waals surface area (Å²) in [5.74, 6) is -1.24. The highest BCUT2D eigenvalue weighted by molar-refractivity contribution is 6.03. The minimum Gasteiger partial charge on any atom is -0.406 e. The summed E-state index contributed by atoms with van der Waals surface area (Å²) in [5, 5.41) is 0. The standard InChI is InChI=1S/C15H13F3N2O4/c16-15(17,18)24-11-3-1-9(2-4-11)14(23)19-7-10(8-19)20-12(21)5-6-13(20)22/h1-4,10H,5-8H2. The topological polar surface area (TPSA) is 66.9 Å². The van der Waals surface area contributed by atoms with Crippen LogP contribution in [0, 0.1) is 0 Å². The Bertz CT molecular complexity index is 665. The molecule has 0 radical (unpaired) electrons. The average Bonchev–Trinajstić information content (AvgIpc) is 2.77. The molecule has 2 heterocycles. The third-order valence-electron chi connectivity index (χ3n) is 3.94. The van der Waals surface area contributed by atoms with Crippen molar-refractivity contribution in [3.63, 3.8) is 0 Å². The number of hydrogen-bond donors (Lipinski definition) is 0. The molecular weight excluding hydrogens is 329 g/mol. The number of hydrogen-bond acceptors (Lipinski definition) is 4. The van der Waals surface area contributed by atoms with E-state index in [1.165, 1.54) is 21.9 Å². The Morgan fingerprint density at radius 1 is 1.04 bits per heavy atom. The smallest absolute Gasteiger partial charge is 0.406 e. The van der Waals surface area contributed by atoms with Crippen LogP contribution in [0.5, 0.6) is 5.75 Å². The van der Waals surface area contributed by atoms with E-state index in [2.05, 4.69) is 4.74 Å². The molecule has 0 bridgehead atoms. The molecule has 24 heavy (non-hydrogen) atoms. The van der Waals surface area contributed by atoms with Crippen molar-refractivity contribution in [2.75, 3.05) is 13.1 Å². The van der Waals surface area contributed by atoms with Gasteiger partial charge in [-0.15, -0.1) is 13.2 Å². The van der Waals surface area contributed by atoms with Crippen molar-refractivity contribution in [3.8, 4) is 5.75 Å². The van der Waals surface area contributed by atoms with E-state index in [1.54, 1.807) is 0 Å². The van der Waals surface area contributed by atoms with Gasteiger partial charge in [-0.25, -0.2) is 0 Å². The van der Waals surface area contributed by atoms with E-state index in [4.69, 9.17) is 0 Å². The molecule has 0 unspecified atom stereocenters. The van der Waals surface area contributed by atoms with Gasteiger partial charge in [0.15, 0.2) is 0 Å². The fraction of sp³-hybridized carbons (Fsp3) is 0.400. The second-order valence-electron chi connectivity index (χ2n) is 5.59. The third-order valence-corrected chi connectivity index (χ3v) is 3.94. The highest BCUT2D eigenvalue weighted by atomic mass is 19.4. The number of carbonyl (C=O) groups excluding carboxylic acids is 3. The molecule has 3 amide bonds. The quantitative estimate of drug-likeness (QED) is 0.782. The molecule has 3 rings (SSSR count). The number of benzene rings is 1. The van der Waals surface area contributed by atoms with Crippen molar-refractivity contribution in [2.45, 2.75) is 25.2 Å². The summed E-state index contributed by atoms with van der Waals surface area (Å²) >= 11 is 0. The number of ether oxygens (including phenoxy) is 1. The zero-order valence-electron chi connectivity index (χ0n) is 12.4. The number of amides is 3. The number of rotatable bonds is 3. The van der Waals surface area contributed by atoms with E-state index in [-0.39, 0.29) is 55.3 Å². The van der Waals surface area contributed by atoms with Crippen LogP contribution in [0.2, 0.25) is 0 Å². The lowest BCUT2D eigenvalue weighted by atomic mass is 10.0. The zero-order chi connectivity index (χ0) is 17.5. The Morgan fingerprint density at radius 2 is 1.58 bits per heavy atom. The SMILES string of the molecule is O=C(c1ccc(OC(F)(F)F)cc1)N1CC(N2C(=O)CCC2=O)C1. The fourth-order valence-corrected chi connectivity index (χ4v) is 2.77. The van der Waals surface area contributed by atoms with Gasteiger partial charge in [0.2, 0.25) is 11.8 Å². The van der Waals surface area contributed by atoms with Crippen LogP contribution < -0.4 is 4.74 Å². The van der Waals surface area contributed by atoms with Crippen LogP contribution in [0.4, 0.5) is 13.2 Å². The molecule has 2 aliphatic rings. The first-order valence-corrected chi connectivity index (χ1v) is 7.24. The Morgan fingerprint density at radius 3 is 2.08 bits per heavy atom. The Kier molecular flexibility index (Phi) is 3.94. The third kappa shape index (κ3) is 3.19. The van der Waals surface area contributed by atoms with Gasteiger partial charge in [0.25, 0.3) is 5.91 Å². The highest BCUT2D eigenvalue weighted by Crippen LogP contribution is 2.26. The number of nitrogens with zero attached hydrogens (tertiary/aromatic N) is 2. The van der Waals surface area contributed by atoms with Gasteiger partial charge in [0.05, 0.1) is 6.04 Å². The second kappa shape index (κ2) is 5.81. The summed E-state index contributed by atoms with van der Waals surface area (Å²) in [7, 11) is 0. The van der Waals surface area contributed by atoms with Gasteiger partial charge < -0.3 is 9.64 Å². The summed E-state index contributed by atoms with van der Waals surface area (Å²) in [5.41, 5.74) is 0.210. The summed E-state index contributed by atoms with van der Waals surface area (Å²) < 4.78 is 40.0. The normalized spacial score (nSPS) is 18.8. The molecule has 2 aliphatic heterocycles. The predicted octanol–water partition coefficient (Wildman–Crippen LogP) is 1.56. The maximum absolute atomic E-state index is 12.2. The number of alkyl halides is 3. The lowest BCUT2D eigenvalue weighted by Crippen LogP contribution is -2.62. The van der Waals surface area contributed by atoms with Gasteiger partial charge in [-0.05, 0) is 24.3 Å². The van der Waals surface area contributed by atoms with Crippen molar-refractivity contribution in [3.05, 3.63) is 29.8 Å². The monoisotopic (exact) mass is 342 g/mol. The number of likely N-dealkylation sites (tertiary alicyclic amines) is 2. The van der Waals surface area contributed by atoms with E-state index < -0.39 is 12.1 Å². The van der Waals surface area contributed by atoms with Crippen molar-refractivity contribution < 1.29 is 32.3 Å². The van der Waals surface area contributed by atoms with Crippen molar-refractivity contribution in [1.29, 1.82) is 0 Å². The number of imide groups is 1. The lowest BCUT2D eigenvalue weighted by molar-refractivity contribution is -0.274. The van der Waals surface area contributed by atoms with Gasteiger partial charge in [-0.2, -0.15) is 0 Å². The average molecular weight is 342 g/mol. The molecule has 0 saturated carbocycles. The summed E-state index contributed by atoms with van der Waals surface area (Å²) in [6, 6.07) is 4.28. The van der Waals surface area contributed by atoms with Crippen LogP contribution in [0.25, 0.3) is 0 Å². The number of halogens is 3. The molecule has 0 spiro atoms. The second-order valence-corrected chi connectivity index (χ2v) is 5.59. The maximum Gasteiger partial charge on any atom is 0.573 e. The molecule has 0 atom stereocenters. The fourth-order valence-electron chi connectivity index (χ4n) is 2.77. The molecule has 2 fully saturated rings. The summed E-state index contributed by atoms with van der Waals surface area (Å²) in [6.45, 7) is 0.466. The van der Waals surface area contributed by atoms with Crippen LogP contribution in [-0.2, 0) is 9.59 Å². The molecule has 0 aromatic heterocycles. The van der Waals surface area contributed by atoms with Crippen LogP contribution in [-0.4, -0.2) is 53.0 Å². The van der Waals surface area contributed by atoms with Crippen molar-refractivity contribution >= 4 is 17.7 Å². The summed E-state index contributed by atoms with van der Waals surface area (Å²) in [6.07, 6.45) is -4.39. The molecule has 0 aliphatic carbocycles. The van der Waals surface area contributed by atoms with Crippen LogP contribution in [0.15, 0.2) is 24.3 Å². The largest absolute Gasteiger partial charge is 0.573 e. The minimum absolute atomic E-state index is 0.198. The van der Waals surface area contributed by atoms with Crippen LogP contribution >= 0.6 is 0 Å². The molecule has 1 aromatic carbocycles. The molecular formula is C15H13F3N2O4. The number of carbonyl (C=O) groups is 3. The first-order chi connectivity index (χ1) is 11.2. The highest BCUT2D eigenvalue weighted by Gasteiger charge is 2.42. The van der Waals surface area contributed by atoms with Gasteiger partial charge in [-0.3, -0.25) is 19.3 Å². The van der Waals surface area contributed by atoms with Gasteiger partial charge in [0, 0.05) is 31.5 Å². The van der Waals surface area contributed by atoms with Gasteiger partial charge in [0.1, 0.15) is 5.75 Å². The Balaban J connectivity index is 1.58. The molecule has 9 heteroatoms. The van der Waals surface area contributed by atoms with E-state index in [0.29, 0.717) is 0 Å². The van der Waals surface area contributed by atoms with Gasteiger partial charge in [-0.1, -0.05) is 0 Å². The Hall–Kier alpha value is -2.58. The Labute approximate surface area is 134 Å². The first-order valence-electron chi connectivity index (χ1n) is 7.24. The zero-order valence-corrected chi connectivity index (χ0v) is 12.4. The van der Waals surface area contributed by atoms with E-state index in [1.807, 2.05) is 0 Å². The van der Waals surface area contributed by atoms with Crippen molar-refractivity contribution in [2.24, 2.45) is 0 Å². The van der Waals surface area contributed by atoms with Crippen molar-refractivity contribution in [1.82, 2.24) is 9.80 Å². The van der Waals surface area contributed by atoms with Crippen LogP contribution in [0.1, 0.15) is 23.2 Å². The molecule has 128 valence electrons. The molecule has 2 saturated heterocycles.